The molecule has 0 aromatic heterocycles. The molecule has 0 saturated carbocycles. The van der Waals surface area contributed by atoms with Gasteiger partial charge >= 0.3 is 0 Å². The number of carbonyl (C=O) groups excluding carboxylic acids is 1. The normalized spacial score (nSPS) is 15.5. The summed E-state index contributed by atoms with van der Waals surface area (Å²) in [4.78, 5) is 15.2. The third kappa shape index (κ3) is 2.87. The summed E-state index contributed by atoms with van der Waals surface area (Å²) in [6, 6.07) is 16.8. The molecule has 2 aromatic carbocycles. The average molecular weight is 327 g/mol. The fourth-order valence-electron chi connectivity index (χ4n) is 2.23. The van der Waals surface area contributed by atoms with E-state index in [0.717, 1.165) is 10.5 Å². The first-order valence-corrected chi connectivity index (χ1v) is 7.81. The van der Waals surface area contributed by atoms with Crippen molar-refractivity contribution in [2.75, 3.05) is 0 Å². The minimum Gasteiger partial charge on any atom is -0.297 e. The molecular weight excluding hydrogens is 316 g/mol. The molecule has 0 N–H and O–H groups in total. The van der Waals surface area contributed by atoms with E-state index in [9.17, 15) is 4.79 Å². The Labute approximate surface area is 137 Å². The highest BCUT2D eigenvalue weighted by molar-refractivity contribution is 8.03. The van der Waals surface area contributed by atoms with Crippen LogP contribution in [0.5, 0.6) is 0 Å². The van der Waals surface area contributed by atoms with E-state index in [1.807, 2.05) is 42.5 Å². The third-order valence-corrected chi connectivity index (χ3v) is 4.66. The van der Waals surface area contributed by atoms with Crippen LogP contribution in [0.15, 0.2) is 64.5 Å². The average Bonchev–Trinajstić information content (AvgIpc) is 2.53. The molecule has 3 nitrogen and oxygen atoms in total. The number of thioether (sulfide) groups is 1. The molecule has 1 aliphatic heterocycles. The van der Waals surface area contributed by atoms with E-state index >= 15 is 0 Å². The largest absolute Gasteiger partial charge is 0.297 e. The Balaban J connectivity index is 1.97. The van der Waals surface area contributed by atoms with Gasteiger partial charge in [0.15, 0.2) is 0 Å². The number of benzene rings is 2. The van der Waals surface area contributed by atoms with Crippen molar-refractivity contribution in [3.8, 4) is 6.07 Å². The first kappa shape index (κ1) is 14.7. The van der Waals surface area contributed by atoms with Gasteiger partial charge in [-0.2, -0.15) is 5.26 Å². The van der Waals surface area contributed by atoms with Gasteiger partial charge in [0, 0.05) is 16.0 Å². The molecule has 1 amide bonds. The molecule has 22 heavy (non-hydrogen) atoms. The molecule has 0 radical (unpaired) electrons. The molecule has 0 atom stereocenters. The highest BCUT2D eigenvalue weighted by Gasteiger charge is 2.28. The summed E-state index contributed by atoms with van der Waals surface area (Å²) in [6.07, 6.45) is 1.41. The molecule has 1 aliphatic rings. The molecule has 108 valence electrons. The Bertz CT molecular complexity index is 793. The zero-order valence-corrected chi connectivity index (χ0v) is 13.1. The van der Waals surface area contributed by atoms with Gasteiger partial charge in [0.25, 0.3) is 5.91 Å². The van der Waals surface area contributed by atoms with Crippen LogP contribution in [0.1, 0.15) is 15.9 Å². The standard InChI is InChI=1S/C17H11ClN2OS/c18-13-7-5-12(6-8-13)11-20-16(9-10-19)22-15-4-2-1-3-14(15)17(20)21/h1-9H,11H2/b16-9-. The number of allylic oxidation sites excluding steroid dienone is 1. The summed E-state index contributed by atoms with van der Waals surface area (Å²) >= 11 is 7.32. The van der Waals surface area contributed by atoms with Crippen LogP contribution in [0.25, 0.3) is 0 Å². The van der Waals surface area contributed by atoms with E-state index in [1.54, 1.807) is 17.0 Å². The van der Waals surface area contributed by atoms with Crippen LogP contribution < -0.4 is 0 Å². The number of rotatable bonds is 2. The van der Waals surface area contributed by atoms with E-state index < -0.39 is 0 Å². The van der Waals surface area contributed by atoms with Crippen molar-refractivity contribution in [3.05, 3.63) is 75.8 Å². The number of hydrogen-bond acceptors (Lipinski definition) is 3. The zero-order chi connectivity index (χ0) is 15.5. The Morgan fingerprint density at radius 3 is 2.64 bits per heavy atom. The fourth-order valence-corrected chi connectivity index (χ4v) is 3.36. The monoisotopic (exact) mass is 326 g/mol. The lowest BCUT2D eigenvalue weighted by Gasteiger charge is -2.30. The Hall–Kier alpha value is -2.22. The molecule has 2 aromatic rings. The van der Waals surface area contributed by atoms with Crippen molar-refractivity contribution < 1.29 is 4.79 Å². The second-order valence-corrected chi connectivity index (χ2v) is 6.23. The summed E-state index contributed by atoms with van der Waals surface area (Å²) in [7, 11) is 0. The van der Waals surface area contributed by atoms with Gasteiger partial charge in [0.1, 0.15) is 0 Å². The lowest BCUT2D eigenvalue weighted by Crippen LogP contribution is -2.32. The lowest BCUT2D eigenvalue weighted by atomic mass is 10.1. The van der Waals surface area contributed by atoms with Gasteiger partial charge in [-0.1, -0.05) is 47.6 Å². The van der Waals surface area contributed by atoms with Crippen molar-refractivity contribution >= 4 is 29.3 Å². The van der Waals surface area contributed by atoms with E-state index in [1.165, 1.54) is 17.8 Å². The summed E-state index contributed by atoms with van der Waals surface area (Å²) < 4.78 is 0. The second kappa shape index (κ2) is 6.27. The summed E-state index contributed by atoms with van der Waals surface area (Å²) in [5.74, 6) is -0.0919. The van der Waals surface area contributed by atoms with Crippen LogP contribution in [0.4, 0.5) is 0 Å². The van der Waals surface area contributed by atoms with Gasteiger partial charge in [0.05, 0.1) is 23.2 Å². The van der Waals surface area contributed by atoms with Gasteiger partial charge in [-0.25, -0.2) is 0 Å². The summed E-state index contributed by atoms with van der Waals surface area (Å²) in [6.45, 7) is 0.408. The van der Waals surface area contributed by atoms with Crippen LogP contribution in [0.3, 0.4) is 0 Å². The van der Waals surface area contributed by atoms with Crippen molar-refractivity contribution in [3.63, 3.8) is 0 Å². The number of carbonyl (C=O) groups is 1. The molecule has 0 unspecified atom stereocenters. The molecule has 5 heteroatoms. The Kier molecular flexibility index (Phi) is 4.19. The van der Waals surface area contributed by atoms with Crippen LogP contribution in [0, 0.1) is 11.3 Å². The topological polar surface area (TPSA) is 44.1 Å². The highest BCUT2D eigenvalue weighted by atomic mass is 35.5. The maximum Gasteiger partial charge on any atom is 0.260 e. The summed E-state index contributed by atoms with van der Waals surface area (Å²) in [5, 5.41) is 10.3. The van der Waals surface area contributed by atoms with Gasteiger partial charge < -0.3 is 0 Å². The Morgan fingerprint density at radius 1 is 1.18 bits per heavy atom. The number of nitriles is 1. The van der Waals surface area contributed by atoms with Gasteiger partial charge in [-0.3, -0.25) is 9.69 Å². The smallest absolute Gasteiger partial charge is 0.260 e. The number of halogens is 1. The maximum absolute atomic E-state index is 12.7. The first-order valence-electron chi connectivity index (χ1n) is 6.62. The number of fused-ring (bicyclic) bond motifs is 1. The Morgan fingerprint density at radius 2 is 1.91 bits per heavy atom. The van der Waals surface area contributed by atoms with E-state index in [4.69, 9.17) is 16.9 Å². The zero-order valence-electron chi connectivity index (χ0n) is 11.5. The van der Waals surface area contributed by atoms with Gasteiger partial charge in [0.2, 0.25) is 0 Å². The van der Waals surface area contributed by atoms with Crippen LogP contribution in [0.2, 0.25) is 5.02 Å². The molecular formula is C17H11ClN2OS. The fraction of sp³-hybridized carbons (Fsp3) is 0.0588. The number of amides is 1. The van der Waals surface area contributed by atoms with Crippen molar-refractivity contribution in [1.82, 2.24) is 4.90 Å². The van der Waals surface area contributed by atoms with Gasteiger partial charge in [-0.05, 0) is 29.8 Å². The highest BCUT2D eigenvalue weighted by Crippen LogP contribution is 2.38. The molecule has 3 rings (SSSR count). The number of hydrogen-bond donors (Lipinski definition) is 0. The van der Waals surface area contributed by atoms with Crippen molar-refractivity contribution in [2.45, 2.75) is 11.4 Å². The quantitative estimate of drug-likeness (QED) is 0.766. The second-order valence-electron chi connectivity index (χ2n) is 4.73. The molecule has 0 aliphatic carbocycles. The van der Waals surface area contributed by atoms with Gasteiger partial charge in [-0.15, -0.1) is 0 Å². The molecule has 1 heterocycles. The van der Waals surface area contributed by atoms with E-state index in [2.05, 4.69) is 0 Å². The van der Waals surface area contributed by atoms with Crippen molar-refractivity contribution in [1.29, 1.82) is 5.26 Å². The first-order chi connectivity index (χ1) is 10.7. The minimum absolute atomic E-state index is 0.0919. The van der Waals surface area contributed by atoms with Crippen molar-refractivity contribution in [2.24, 2.45) is 0 Å². The predicted octanol–water partition coefficient (Wildman–Crippen LogP) is 4.45. The van der Waals surface area contributed by atoms with E-state index in [0.29, 0.717) is 22.2 Å². The third-order valence-electron chi connectivity index (χ3n) is 3.29. The molecule has 0 spiro atoms. The SMILES string of the molecule is N#C/C=C1\Sc2ccccc2C(=O)N1Cc1ccc(Cl)cc1. The minimum atomic E-state index is -0.0919. The van der Waals surface area contributed by atoms with Crippen LogP contribution in [-0.4, -0.2) is 10.8 Å². The predicted molar refractivity (Wildman–Crippen MR) is 87.3 cm³/mol. The maximum atomic E-state index is 12.7. The molecule has 0 fully saturated rings. The molecule has 0 bridgehead atoms. The van der Waals surface area contributed by atoms with E-state index in [-0.39, 0.29) is 5.91 Å². The lowest BCUT2D eigenvalue weighted by molar-refractivity contribution is 0.0801. The summed E-state index contributed by atoms with van der Waals surface area (Å²) in [5.41, 5.74) is 1.62. The molecule has 0 saturated heterocycles. The number of nitrogens with zero attached hydrogens (tertiary/aromatic N) is 2. The van der Waals surface area contributed by atoms with Crippen LogP contribution in [-0.2, 0) is 6.54 Å². The van der Waals surface area contributed by atoms with Crippen LogP contribution >= 0.6 is 23.4 Å².